The van der Waals surface area contributed by atoms with Gasteiger partial charge in [0.25, 0.3) is 0 Å². The molecule has 0 radical (unpaired) electrons. The summed E-state index contributed by atoms with van der Waals surface area (Å²) in [5, 5.41) is 2.95. The predicted octanol–water partition coefficient (Wildman–Crippen LogP) is 3.50. The van der Waals surface area contributed by atoms with E-state index < -0.39 is 0 Å². The molecule has 25 heavy (non-hydrogen) atoms. The number of Topliss-reactive ketones (excluding diaryl/α,β-unsaturated/α-hetero) is 1. The van der Waals surface area contributed by atoms with Gasteiger partial charge in [-0.1, -0.05) is 32.9 Å². The van der Waals surface area contributed by atoms with Gasteiger partial charge in [0, 0.05) is 24.0 Å². The van der Waals surface area contributed by atoms with Gasteiger partial charge in [0.05, 0.1) is 12.7 Å². The van der Waals surface area contributed by atoms with E-state index in [1.54, 1.807) is 7.11 Å². The minimum atomic E-state index is -0.114. The summed E-state index contributed by atoms with van der Waals surface area (Å²) >= 11 is 0. The summed E-state index contributed by atoms with van der Waals surface area (Å²) in [5.41, 5.74) is 4.92. The fourth-order valence-corrected chi connectivity index (χ4v) is 5.07. The van der Waals surface area contributed by atoms with E-state index in [0.717, 1.165) is 46.4 Å². The Bertz CT molecular complexity index is 821. The Balaban J connectivity index is 1.91. The van der Waals surface area contributed by atoms with Crippen LogP contribution in [0.2, 0.25) is 0 Å². The summed E-state index contributed by atoms with van der Waals surface area (Å²) in [4.78, 5) is 25.2. The number of fused-ring (bicyclic) bond motifs is 4. The van der Waals surface area contributed by atoms with Crippen molar-refractivity contribution in [2.75, 3.05) is 13.7 Å². The zero-order valence-corrected chi connectivity index (χ0v) is 15.4. The van der Waals surface area contributed by atoms with Gasteiger partial charge >= 0.3 is 0 Å². The highest BCUT2D eigenvalue weighted by atomic mass is 16.5. The number of nitrogens with one attached hydrogen (secondary N) is 1. The highest BCUT2D eigenvalue weighted by molar-refractivity contribution is 6.04. The molecule has 2 aliphatic carbocycles. The first kappa shape index (κ1) is 16.4. The Labute approximate surface area is 148 Å². The van der Waals surface area contributed by atoms with Crippen LogP contribution in [-0.4, -0.2) is 25.3 Å². The second-order valence-electron chi connectivity index (χ2n) is 8.05. The molecule has 0 fully saturated rings. The Morgan fingerprint density at radius 2 is 2.04 bits per heavy atom. The quantitative estimate of drug-likeness (QED) is 0.897. The van der Waals surface area contributed by atoms with Crippen LogP contribution in [-0.2, 0) is 10.2 Å². The first-order valence-electron chi connectivity index (χ1n) is 9.13. The minimum Gasteiger partial charge on any atom is -0.496 e. The first-order valence-corrected chi connectivity index (χ1v) is 9.13. The van der Waals surface area contributed by atoms with Gasteiger partial charge in [0.1, 0.15) is 5.75 Å². The van der Waals surface area contributed by atoms with E-state index in [9.17, 15) is 9.59 Å². The number of amides is 1. The van der Waals surface area contributed by atoms with Crippen molar-refractivity contribution in [1.82, 2.24) is 5.32 Å². The van der Waals surface area contributed by atoms with Crippen molar-refractivity contribution in [2.24, 2.45) is 5.92 Å². The minimum absolute atomic E-state index is 0.0584. The van der Waals surface area contributed by atoms with Crippen LogP contribution in [0.4, 0.5) is 0 Å². The third-order valence-electron chi connectivity index (χ3n) is 6.48. The average molecular weight is 339 g/mol. The Morgan fingerprint density at radius 3 is 2.72 bits per heavy atom. The van der Waals surface area contributed by atoms with E-state index >= 15 is 0 Å². The number of methoxy groups -OCH3 is 1. The van der Waals surface area contributed by atoms with Crippen LogP contribution in [0.5, 0.6) is 5.75 Å². The van der Waals surface area contributed by atoms with Crippen LogP contribution in [0.25, 0.3) is 0 Å². The molecule has 0 spiro atoms. The van der Waals surface area contributed by atoms with Crippen LogP contribution < -0.4 is 10.1 Å². The molecule has 0 saturated heterocycles. The van der Waals surface area contributed by atoms with Crippen molar-refractivity contribution < 1.29 is 14.3 Å². The highest BCUT2D eigenvalue weighted by Gasteiger charge is 2.50. The molecule has 4 rings (SSSR count). The van der Waals surface area contributed by atoms with Gasteiger partial charge < -0.3 is 10.1 Å². The maximum Gasteiger partial charge on any atom is 0.247 e. The SMILES string of the molecule is COc1c(C(C)C)ccc2c1C(=O)C[C@H]1C3=C(CC[C@]21C)C(=O)NC3. The van der Waals surface area contributed by atoms with Crippen LogP contribution in [0.15, 0.2) is 23.3 Å². The maximum atomic E-state index is 13.1. The van der Waals surface area contributed by atoms with E-state index in [1.807, 2.05) is 0 Å². The van der Waals surface area contributed by atoms with Gasteiger partial charge in [0.15, 0.2) is 5.78 Å². The van der Waals surface area contributed by atoms with Crippen LogP contribution in [0.3, 0.4) is 0 Å². The second kappa shape index (κ2) is 5.45. The topological polar surface area (TPSA) is 55.4 Å². The van der Waals surface area contributed by atoms with E-state index in [2.05, 4.69) is 38.2 Å². The van der Waals surface area contributed by atoms with Gasteiger partial charge in [0.2, 0.25) is 5.91 Å². The molecule has 0 bridgehead atoms. The fraction of sp³-hybridized carbons (Fsp3) is 0.524. The summed E-state index contributed by atoms with van der Waals surface area (Å²) in [6, 6.07) is 4.25. The van der Waals surface area contributed by atoms with E-state index in [-0.39, 0.29) is 23.0 Å². The number of hydrogen-bond donors (Lipinski definition) is 1. The van der Waals surface area contributed by atoms with Crippen LogP contribution in [0.1, 0.15) is 67.4 Å². The molecule has 1 aromatic carbocycles. The fourth-order valence-electron chi connectivity index (χ4n) is 5.07. The number of hydrogen-bond acceptors (Lipinski definition) is 3. The zero-order chi connectivity index (χ0) is 17.9. The maximum absolute atomic E-state index is 13.1. The molecule has 1 N–H and O–H groups in total. The third-order valence-corrected chi connectivity index (χ3v) is 6.48. The van der Waals surface area contributed by atoms with Crippen molar-refractivity contribution in [3.8, 4) is 5.75 Å². The monoisotopic (exact) mass is 339 g/mol. The lowest BCUT2D eigenvalue weighted by atomic mass is 9.56. The second-order valence-corrected chi connectivity index (χ2v) is 8.05. The zero-order valence-electron chi connectivity index (χ0n) is 15.4. The lowest BCUT2D eigenvalue weighted by Crippen LogP contribution is -2.43. The van der Waals surface area contributed by atoms with Crippen LogP contribution >= 0.6 is 0 Å². The molecule has 0 aromatic heterocycles. The summed E-state index contributed by atoms with van der Waals surface area (Å²) in [6.07, 6.45) is 2.15. The number of carbonyl (C=O) groups is 2. The molecule has 1 amide bonds. The van der Waals surface area contributed by atoms with Crippen LogP contribution in [0, 0.1) is 5.92 Å². The summed E-state index contributed by atoms with van der Waals surface area (Å²) < 4.78 is 5.70. The normalized spacial score (nSPS) is 27.8. The lowest BCUT2D eigenvalue weighted by Gasteiger charge is -2.46. The summed E-state index contributed by atoms with van der Waals surface area (Å²) in [6.45, 7) is 7.09. The van der Waals surface area contributed by atoms with Crippen molar-refractivity contribution in [2.45, 2.75) is 51.4 Å². The molecule has 4 nitrogen and oxygen atoms in total. The Kier molecular flexibility index (Phi) is 3.57. The molecule has 1 aliphatic heterocycles. The van der Waals surface area contributed by atoms with Gasteiger partial charge in [-0.3, -0.25) is 9.59 Å². The van der Waals surface area contributed by atoms with E-state index in [0.29, 0.717) is 18.9 Å². The van der Waals surface area contributed by atoms with Gasteiger partial charge in [-0.2, -0.15) is 0 Å². The molecule has 3 aliphatic rings. The Hall–Kier alpha value is -2.10. The van der Waals surface area contributed by atoms with Gasteiger partial charge in [-0.25, -0.2) is 0 Å². The summed E-state index contributed by atoms with van der Waals surface area (Å²) in [5.74, 6) is 1.37. The molecule has 1 aromatic rings. The van der Waals surface area contributed by atoms with E-state index in [1.165, 1.54) is 0 Å². The lowest BCUT2D eigenvalue weighted by molar-refractivity contribution is -0.116. The number of ether oxygens (including phenoxy) is 1. The smallest absolute Gasteiger partial charge is 0.247 e. The number of benzene rings is 1. The number of ketones is 1. The van der Waals surface area contributed by atoms with Crippen molar-refractivity contribution >= 4 is 11.7 Å². The molecule has 4 heteroatoms. The molecular formula is C21H25NO3. The third kappa shape index (κ3) is 2.12. The molecule has 1 heterocycles. The standard InChI is InChI=1S/C21H25NO3/c1-11(2)12-5-6-15-18(19(12)25-4)17(23)9-16-14-10-22-20(24)13(14)7-8-21(15,16)3/h5-6,11,16H,7-10H2,1-4H3,(H,22,24)/t16-,21+/m0/s1. The number of carbonyl (C=O) groups excluding carboxylic acids is 2. The average Bonchev–Trinajstić information content (AvgIpc) is 2.96. The molecule has 2 atom stereocenters. The molecule has 0 unspecified atom stereocenters. The molecule has 132 valence electrons. The largest absolute Gasteiger partial charge is 0.496 e. The van der Waals surface area contributed by atoms with Crippen molar-refractivity contribution in [1.29, 1.82) is 0 Å². The van der Waals surface area contributed by atoms with Gasteiger partial charge in [-0.05, 0) is 41.4 Å². The van der Waals surface area contributed by atoms with Crippen molar-refractivity contribution in [3.05, 3.63) is 40.0 Å². The molecular weight excluding hydrogens is 314 g/mol. The van der Waals surface area contributed by atoms with E-state index in [4.69, 9.17) is 4.74 Å². The highest BCUT2D eigenvalue weighted by Crippen LogP contribution is 2.54. The Morgan fingerprint density at radius 1 is 1.28 bits per heavy atom. The predicted molar refractivity (Wildman–Crippen MR) is 96.1 cm³/mol. The number of rotatable bonds is 2. The first-order chi connectivity index (χ1) is 11.9. The van der Waals surface area contributed by atoms with Crippen molar-refractivity contribution in [3.63, 3.8) is 0 Å². The van der Waals surface area contributed by atoms with Gasteiger partial charge in [-0.15, -0.1) is 0 Å². The summed E-state index contributed by atoms with van der Waals surface area (Å²) in [7, 11) is 1.66. The molecule has 0 saturated carbocycles.